The molecule has 0 amide bonds. The lowest BCUT2D eigenvalue weighted by atomic mass is 10.0. The summed E-state index contributed by atoms with van der Waals surface area (Å²) in [4.78, 5) is 11.3. The minimum Gasteiger partial charge on any atom is -0.460 e. The predicted octanol–water partition coefficient (Wildman–Crippen LogP) is 2.12. The number of hydrogen-bond donors (Lipinski definition) is 1. The van der Waals surface area contributed by atoms with Gasteiger partial charge in [0, 0.05) is 12.5 Å². The number of rotatable bonds is 3. The van der Waals surface area contributed by atoms with Gasteiger partial charge in [0.15, 0.2) is 0 Å². The van der Waals surface area contributed by atoms with Crippen molar-refractivity contribution < 1.29 is 9.53 Å². The highest BCUT2D eigenvalue weighted by Gasteiger charge is 2.19. The van der Waals surface area contributed by atoms with Crippen LogP contribution in [0.5, 0.6) is 0 Å². The van der Waals surface area contributed by atoms with Crippen LogP contribution in [0.25, 0.3) is 0 Å². The van der Waals surface area contributed by atoms with Crippen LogP contribution in [-0.2, 0) is 9.53 Å². The zero-order valence-corrected chi connectivity index (χ0v) is 10.5. The van der Waals surface area contributed by atoms with Crippen LogP contribution in [-0.4, -0.2) is 17.6 Å². The van der Waals surface area contributed by atoms with Crippen LogP contribution in [0.3, 0.4) is 0 Å². The Labute approximate surface area is 92.8 Å². The molecule has 2 atom stereocenters. The van der Waals surface area contributed by atoms with E-state index in [0.29, 0.717) is 6.42 Å². The van der Waals surface area contributed by atoms with Crippen molar-refractivity contribution in [3.63, 3.8) is 0 Å². The third-order valence-corrected chi connectivity index (χ3v) is 1.81. The maximum absolute atomic E-state index is 11.3. The van der Waals surface area contributed by atoms with Gasteiger partial charge in [-0.2, -0.15) is 0 Å². The summed E-state index contributed by atoms with van der Waals surface area (Å²) < 4.78 is 5.16. The average molecular weight is 224 g/mol. The molecule has 0 fully saturated rings. The molecular formula is C10H22ClNO2. The summed E-state index contributed by atoms with van der Waals surface area (Å²) in [5.74, 6) is 0.00662. The molecule has 0 aromatic heterocycles. The van der Waals surface area contributed by atoms with E-state index in [-0.39, 0.29) is 30.3 Å². The Kier molecular flexibility index (Phi) is 7.21. The Bertz CT molecular complexity index is 175. The van der Waals surface area contributed by atoms with Gasteiger partial charge >= 0.3 is 5.97 Å². The number of ether oxygens (including phenoxy) is 1. The van der Waals surface area contributed by atoms with Crippen molar-refractivity contribution in [3.8, 4) is 0 Å². The molecule has 14 heavy (non-hydrogen) atoms. The van der Waals surface area contributed by atoms with E-state index >= 15 is 0 Å². The van der Waals surface area contributed by atoms with E-state index < -0.39 is 5.60 Å². The Morgan fingerprint density at radius 1 is 1.36 bits per heavy atom. The molecule has 2 N–H and O–H groups in total. The SMILES string of the molecule is CC(N)[C@@H](C)CC(=O)OC(C)(C)C.Cl. The van der Waals surface area contributed by atoms with E-state index in [0.717, 1.165) is 0 Å². The topological polar surface area (TPSA) is 52.3 Å². The normalized spacial score (nSPS) is 15.3. The van der Waals surface area contributed by atoms with Crippen molar-refractivity contribution in [2.24, 2.45) is 11.7 Å². The average Bonchev–Trinajstić information content (AvgIpc) is 1.81. The van der Waals surface area contributed by atoms with Crippen LogP contribution in [0.1, 0.15) is 41.0 Å². The summed E-state index contributed by atoms with van der Waals surface area (Å²) in [5.41, 5.74) is 5.25. The highest BCUT2D eigenvalue weighted by atomic mass is 35.5. The quantitative estimate of drug-likeness (QED) is 0.746. The molecule has 86 valence electrons. The highest BCUT2D eigenvalue weighted by Crippen LogP contribution is 2.12. The third-order valence-electron chi connectivity index (χ3n) is 1.81. The van der Waals surface area contributed by atoms with Gasteiger partial charge in [-0.25, -0.2) is 0 Å². The van der Waals surface area contributed by atoms with Gasteiger partial charge in [0.1, 0.15) is 5.60 Å². The molecular weight excluding hydrogens is 202 g/mol. The number of carbonyl (C=O) groups is 1. The minimum atomic E-state index is -0.394. The molecule has 4 heteroatoms. The summed E-state index contributed by atoms with van der Waals surface area (Å²) in [7, 11) is 0. The molecule has 0 aliphatic heterocycles. The second-order valence-corrected chi connectivity index (χ2v) is 4.63. The molecule has 0 aromatic carbocycles. The fourth-order valence-corrected chi connectivity index (χ4v) is 0.832. The van der Waals surface area contributed by atoms with Crippen molar-refractivity contribution in [2.45, 2.75) is 52.7 Å². The summed E-state index contributed by atoms with van der Waals surface area (Å²) in [6.45, 7) is 9.44. The Morgan fingerprint density at radius 3 is 2.07 bits per heavy atom. The second kappa shape index (κ2) is 6.25. The first-order valence-corrected chi connectivity index (χ1v) is 4.70. The Morgan fingerprint density at radius 2 is 1.79 bits per heavy atom. The van der Waals surface area contributed by atoms with Crippen LogP contribution in [0.4, 0.5) is 0 Å². The maximum atomic E-state index is 11.3. The monoisotopic (exact) mass is 223 g/mol. The lowest BCUT2D eigenvalue weighted by Gasteiger charge is -2.21. The van der Waals surface area contributed by atoms with E-state index in [1.807, 2.05) is 34.6 Å². The van der Waals surface area contributed by atoms with E-state index in [1.54, 1.807) is 0 Å². The molecule has 0 bridgehead atoms. The first kappa shape index (κ1) is 16.2. The lowest BCUT2D eigenvalue weighted by Crippen LogP contribution is -2.30. The zero-order valence-electron chi connectivity index (χ0n) is 9.66. The van der Waals surface area contributed by atoms with Gasteiger partial charge < -0.3 is 10.5 Å². The third kappa shape index (κ3) is 8.32. The van der Waals surface area contributed by atoms with Crippen molar-refractivity contribution in [2.75, 3.05) is 0 Å². The first-order valence-electron chi connectivity index (χ1n) is 4.70. The molecule has 1 unspecified atom stereocenters. The zero-order chi connectivity index (χ0) is 10.6. The molecule has 0 heterocycles. The fourth-order valence-electron chi connectivity index (χ4n) is 0.832. The molecule has 0 aliphatic carbocycles. The molecule has 0 saturated heterocycles. The largest absolute Gasteiger partial charge is 0.460 e. The van der Waals surface area contributed by atoms with Crippen molar-refractivity contribution in [3.05, 3.63) is 0 Å². The number of hydrogen-bond acceptors (Lipinski definition) is 3. The van der Waals surface area contributed by atoms with E-state index in [2.05, 4.69) is 0 Å². The first-order chi connectivity index (χ1) is 5.72. The highest BCUT2D eigenvalue weighted by molar-refractivity contribution is 5.85. The van der Waals surface area contributed by atoms with Gasteiger partial charge in [-0.3, -0.25) is 4.79 Å². The molecule has 0 aliphatic rings. The standard InChI is InChI=1S/C10H21NO2.ClH/c1-7(8(2)11)6-9(12)13-10(3,4)5;/h7-8H,6,11H2,1-5H3;1H/t7-,8?;/m0./s1. The summed E-state index contributed by atoms with van der Waals surface area (Å²) >= 11 is 0. The number of nitrogens with two attached hydrogens (primary N) is 1. The number of carbonyl (C=O) groups excluding carboxylic acids is 1. The fraction of sp³-hybridized carbons (Fsp3) is 0.900. The molecule has 0 saturated carbocycles. The smallest absolute Gasteiger partial charge is 0.306 e. The summed E-state index contributed by atoms with van der Waals surface area (Å²) in [5, 5.41) is 0. The number of esters is 1. The van der Waals surface area contributed by atoms with Crippen molar-refractivity contribution in [1.82, 2.24) is 0 Å². The molecule has 0 aromatic rings. The molecule has 0 rings (SSSR count). The van der Waals surface area contributed by atoms with Crippen LogP contribution < -0.4 is 5.73 Å². The Balaban J connectivity index is 0. The molecule has 0 spiro atoms. The van der Waals surface area contributed by atoms with Gasteiger partial charge in [0.2, 0.25) is 0 Å². The molecule has 0 radical (unpaired) electrons. The lowest BCUT2D eigenvalue weighted by molar-refractivity contribution is -0.155. The van der Waals surface area contributed by atoms with Crippen LogP contribution in [0, 0.1) is 5.92 Å². The van der Waals surface area contributed by atoms with Crippen LogP contribution in [0.2, 0.25) is 0 Å². The van der Waals surface area contributed by atoms with Crippen molar-refractivity contribution in [1.29, 1.82) is 0 Å². The van der Waals surface area contributed by atoms with Gasteiger partial charge in [-0.05, 0) is 33.6 Å². The van der Waals surface area contributed by atoms with Crippen LogP contribution in [0.15, 0.2) is 0 Å². The molecule has 3 nitrogen and oxygen atoms in total. The summed E-state index contributed by atoms with van der Waals surface area (Å²) in [6, 6.07) is 0.0347. The van der Waals surface area contributed by atoms with E-state index in [1.165, 1.54) is 0 Å². The van der Waals surface area contributed by atoms with E-state index in [4.69, 9.17) is 10.5 Å². The van der Waals surface area contributed by atoms with Gasteiger partial charge in [-0.15, -0.1) is 12.4 Å². The minimum absolute atomic E-state index is 0. The Hall–Kier alpha value is -0.280. The van der Waals surface area contributed by atoms with Gasteiger partial charge in [0.05, 0.1) is 0 Å². The van der Waals surface area contributed by atoms with Gasteiger partial charge in [-0.1, -0.05) is 6.92 Å². The predicted molar refractivity (Wildman–Crippen MR) is 60.5 cm³/mol. The number of halogens is 1. The van der Waals surface area contributed by atoms with Crippen LogP contribution >= 0.6 is 12.4 Å². The summed E-state index contributed by atoms with van der Waals surface area (Å²) in [6.07, 6.45) is 0.398. The van der Waals surface area contributed by atoms with Gasteiger partial charge in [0.25, 0.3) is 0 Å². The second-order valence-electron chi connectivity index (χ2n) is 4.63. The van der Waals surface area contributed by atoms with E-state index in [9.17, 15) is 4.79 Å². The van der Waals surface area contributed by atoms with Crippen molar-refractivity contribution >= 4 is 18.4 Å². The maximum Gasteiger partial charge on any atom is 0.306 e.